The summed E-state index contributed by atoms with van der Waals surface area (Å²) >= 11 is 0. The highest BCUT2D eigenvalue weighted by Gasteiger charge is 2.09. The fourth-order valence-electron chi connectivity index (χ4n) is 2.60. The van der Waals surface area contributed by atoms with Crippen LogP contribution in [0.4, 0.5) is 10.1 Å². The third-order valence-electron chi connectivity index (χ3n) is 4.00. The van der Waals surface area contributed by atoms with Crippen molar-refractivity contribution < 1.29 is 18.7 Å². The summed E-state index contributed by atoms with van der Waals surface area (Å²) in [6.07, 6.45) is 1.43. The van der Waals surface area contributed by atoms with Gasteiger partial charge in [0.25, 0.3) is 5.91 Å². The molecule has 0 aromatic heterocycles. The summed E-state index contributed by atoms with van der Waals surface area (Å²) in [5, 5.41) is 6.92. The van der Waals surface area contributed by atoms with Crippen LogP contribution in [0, 0.1) is 12.7 Å². The Labute approximate surface area is 173 Å². The van der Waals surface area contributed by atoms with Gasteiger partial charge in [0, 0.05) is 5.69 Å². The number of aryl methyl sites for hydroxylation is 1. The van der Waals surface area contributed by atoms with E-state index >= 15 is 0 Å². The summed E-state index contributed by atoms with van der Waals surface area (Å²) in [5.74, 6) is -1.21. The van der Waals surface area contributed by atoms with Crippen molar-refractivity contribution in [2.24, 2.45) is 5.10 Å². The number of benzene rings is 3. The largest absolute Gasteiger partial charge is 0.423 e. The smallest absolute Gasteiger partial charge is 0.343 e. The molecule has 0 saturated heterocycles. The summed E-state index contributed by atoms with van der Waals surface area (Å²) in [4.78, 5) is 24.0. The first-order valence-corrected chi connectivity index (χ1v) is 9.20. The van der Waals surface area contributed by atoms with E-state index in [1.807, 2.05) is 31.2 Å². The van der Waals surface area contributed by atoms with Crippen LogP contribution < -0.4 is 15.5 Å². The number of ether oxygens (including phenoxy) is 1. The SMILES string of the molecule is Cc1cccc(NCC(=O)N/N=C\c2cccc(OC(=O)c3cccc(F)c3)c2)c1. The maximum atomic E-state index is 13.2. The van der Waals surface area contributed by atoms with Crippen LogP contribution in [-0.4, -0.2) is 24.6 Å². The van der Waals surface area contributed by atoms with Gasteiger partial charge in [-0.05, 0) is 60.5 Å². The average molecular weight is 405 g/mol. The fourth-order valence-corrected chi connectivity index (χ4v) is 2.60. The van der Waals surface area contributed by atoms with Crippen molar-refractivity contribution in [1.29, 1.82) is 0 Å². The number of amides is 1. The Bertz CT molecular complexity index is 1080. The van der Waals surface area contributed by atoms with Crippen LogP contribution in [0.25, 0.3) is 0 Å². The molecule has 30 heavy (non-hydrogen) atoms. The highest BCUT2D eigenvalue weighted by atomic mass is 19.1. The molecule has 0 atom stereocenters. The van der Waals surface area contributed by atoms with Gasteiger partial charge < -0.3 is 10.1 Å². The molecule has 3 aromatic carbocycles. The third kappa shape index (κ3) is 6.27. The van der Waals surface area contributed by atoms with Crippen molar-refractivity contribution in [1.82, 2.24) is 5.43 Å². The highest BCUT2D eigenvalue weighted by Crippen LogP contribution is 2.15. The Kier molecular flexibility index (Phi) is 6.89. The van der Waals surface area contributed by atoms with Crippen LogP contribution in [-0.2, 0) is 4.79 Å². The zero-order valence-electron chi connectivity index (χ0n) is 16.3. The van der Waals surface area contributed by atoms with Crippen molar-refractivity contribution in [2.45, 2.75) is 6.92 Å². The summed E-state index contributed by atoms with van der Waals surface area (Å²) in [6, 6.07) is 19.5. The molecule has 152 valence electrons. The number of hydrogen-bond donors (Lipinski definition) is 2. The molecule has 0 radical (unpaired) electrons. The number of anilines is 1. The van der Waals surface area contributed by atoms with Gasteiger partial charge in [0.1, 0.15) is 11.6 Å². The van der Waals surface area contributed by atoms with Gasteiger partial charge in [-0.15, -0.1) is 0 Å². The molecule has 0 aliphatic rings. The first-order valence-electron chi connectivity index (χ1n) is 9.20. The monoisotopic (exact) mass is 405 g/mol. The Balaban J connectivity index is 1.52. The summed E-state index contributed by atoms with van der Waals surface area (Å²) in [7, 11) is 0. The fraction of sp³-hybridized carbons (Fsp3) is 0.0870. The van der Waals surface area contributed by atoms with Crippen molar-refractivity contribution in [3.63, 3.8) is 0 Å². The summed E-state index contributed by atoms with van der Waals surface area (Å²) < 4.78 is 18.5. The molecule has 7 heteroatoms. The lowest BCUT2D eigenvalue weighted by atomic mass is 10.2. The Morgan fingerprint density at radius 2 is 1.83 bits per heavy atom. The summed E-state index contributed by atoms with van der Waals surface area (Å²) in [6.45, 7) is 2.05. The number of hydrogen-bond acceptors (Lipinski definition) is 5. The molecule has 0 aliphatic carbocycles. The number of carbonyl (C=O) groups excluding carboxylic acids is 2. The Morgan fingerprint density at radius 3 is 2.63 bits per heavy atom. The van der Waals surface area contributed by atoms with Gasteiger partial charge in [-0.25, -0.2) is 14.6 Å². The van der Waals surface area contributed by atoms with E-state index in [9.17, 15) is 14.0 Å². The first-order chi connectivity index (χ1) is 14.5. The molecule has 3 aromatic rings. The maximum Gasteiger partial charge on any atom is 0.343 e. The molecule has 1 amide bonds. The van der Waals surface area contributed by atoms with Gasteiger partial charge in [0.05, 0.1) is 18.3 Å². The van der Waals surface area contributed by atoms with E-state index in [2.05, 4.69) is 15.8 Å². The minimum atomic E-state index is -0.667. The van der Waals surface area contributed by atoms with Crippen LogP contribution >= 0.6 is 0 Å². The Hall–Kier alpha value is -4.00. The van der Waals surface area contributed by atoms with Crippen LogP contribution in [0.1, 0.15) is 21.5 Å². The number of nitrogens with one attached hydrogen (secondary N) is 2. The second kappa shape index (κ2) is 9.97. The molecule has 2 N–H and O–H groups in total. The molecule has 0 spiro atoms. The zero-order valence-corrected chi connectivity index (χ0v) is 16.3. The number of nitrogens with zero attached hydrogens (tertiary/aromatic N) is 1. The highest BCUT2D eigenvalue weighted by molar-refractivity contribution is 5.91. The van der Waals surface area contributed by atoms with Crippen molar-refractivity contribution >= 4 is 23.8 Å². The van der Waals surface area contributed by atoms with Gasteiger partial charge in [-0.3, -0.25) is 4.79 Å². The minimum Gasteiger partial charge on any atom is -0.423 e. The minimum absolute atomic E-state index is 0.0755. The molecule has 0 aliphatic heterocycles. The lowest BCUT2D eigenvalue weighted by molar-refractivity contribution is -0.119. The molecule has 0 unspecified atom stereocenters. The molecular formula is C23H20FN3O3. The van der Waals surface area contributed by atoms with E-state index in [1.165, 1.54) is 24.4 Å². The molecular weight excluding hydrogens is 385 g/mol. The van der Waals surface area contributed by atoms with E-state index in [0.717, 1.165) is 17.3 Å². The van der Waals surface area contributed by atoms with Crippen LogP contribution in [0.15, 0.2) is 77.9 Å². The average Bonchev–Trinajstić information content (AvgIpc) is 2.73. The molecule has 0 saturated carbocycles. The van der Waals surface area contributed by atoms with E-state index in [4.69, 9.17) is 4.74 Å². The predicted octanol–water partition coefficient (Wildman–Crippen LogP) is 3.92. The van der Waals surface area contributed by atoms with E-state index in [1.54, 1.807) is 24.3 Å². The second-order valence-electron chi connectivity index (χ2n) is 6.49. The lowest BCUT2D eigenvalue weighted by Crippen LogP contribution is -2.25. The van der Waals surface area contributed by atoms with Crippen molar-refractivity contribution in [3.05, 3.63) is 95.3 Å². The topological polar surface area (TPSA) is 79.8 Å². The number of halogens is 1. The molecule has 0 fully saturated rings. The van der Waals surface area contributed by atoms with Gasteiger partial charge in [-0.1, -0.05) is 30.3 Å². The number of rotatable bonds is 7. The second-order valence-corrected chi connectivity index (χ2v) is 6.49. The number of carbonyl (C=O) groups is 2. The molecule has 3 rings (SSSR count). The first kappa shape index (κ1) is 20.7. The van der Waals surface area contributed by atoms with Gasteiger partial charge >= 0.3 is 5.97 Å². The lowest BCUT2D eigenvalue weighted by Gasteiger charge is -2.06. The molecule has 0 bridgehead atoms. The van der Waals surface area contributed by atoms with Crippen molar-refractivity contribution in [2.75, 3.05) is 11.9 Å². The van der Waals surface area contributed by atoms with E-state index in [0.29, 0.717) is 5.56 Å². The summed E-state index contributed by atoms with van der Waals surface area (Å²) in [5.41, 5.74) is 5.10. The number of esters is 1. The normalized spacial score (nSPS) is 10.6. The van der Waals surface area contributed by atoms with Gasteiger partial charge in [-0.2, -0.15) is 5.10 Å². The van der Waals surface area contributed by atoms with Crippen LogP contribution in [0.3, 0.4) is 0 Å². The van der Waals surface area contributed by atoms with Crippen LogP contribution in [0.2, 0.25) is 0 Å². The van der Waals surface area contributed by atoms with Gasteiger partial charge in [0.2, 0.25) is 0 Å². The zero-order chi connectivity index (χ0) is 21.3. The maximum absolute atomic E-state index is 13.2. The molecule has 0 heterocycles. The quantitative estimate of drug-likeness (QED) is 0.270. The standard InChI is InChI=1S/C23H20FN3O3/c1-16-5-2-9-20(11-16)25-15-22(28)27-26-14-17-6-3-10-21(12-17)30-23(29)18-7-4-8-19(24)13-18/h2-14,25H,15H2,1H3,(H,27,28)/b26-14-. The van der Waals surface area contributed by atoms with Gasteiger partial charge in [0.15, 0.2) is 0 Å². The van der Waals surface area contributed by atoms with Crippen LogP contribution in [0.5, 0.6) is 5.75 Å². The number of hydrazone groups is 1. The Morgan fingerprint density at radius 1 is 1.03 bits per heavy atom. The third-order valence-corrected chi connectivity index (χ3v) is 4.00. The molecule has 6 nitrogen and oxygen atoms in total. The predicted molar refractivity (Wildman–Crippen MR) is 113 cm³/mol. The van der Waals surface area contributed by atoms with E-state index in [-0.39, 0.29) is 23.8 Å². The van der Waals surface area contributed by atoms with Crippen molar-refractivity contribution in [3.8, 4) is 5.75 Å². The van der Waals surface area contributed by atoms with E-state index < -0.39 is 11.8 Å².